The van der Waals surface area contributed by atoms with Crippen molar-refractivity contribution in [1.82, 2.24) is 10.2 Å². The van der Waals surface area contributed by atoms with Crippen LogP contribution in [0, 0.1) is 18.8 Å². The van der Waals surface area contributed by atoms with E-state index in [-0.39, 0.29) is 23.7 Å². The summed E-state index contributed by atoms with van der Waals surface area (Å²) in [5.74, 6) is 0.724. The van der Waals surface area contributed by atoms with Crippen LogP contribution in [0.15, 0.2) is 18.2 Å². The molecular formula is C21H28N2O2. The third kappa shape index (κ3) is 3.37. The highest BCUT2D eigenvalue weighted by Gasteiger charge is 2.40. The molecule has 4 rings (SSSR count). The van der Waals surface area contributed by atoms with Crippen LogP contribution in [-0.2, 0) is 22.4 Å². The van der Waals surface area contributed by atoms with Crippen molar-refractivity contribution in [3.63, 3.8) is 0 Å². The quantitative estimate of drug-likeness (QED) is 0.915. The van der Waals surface area contributed by atoms with Crippen molar-refractivity contribution in [1.29, 1.82) is 0 Å². The number of benzene rings is 1. The minimum absolute atomic E-state index is 0.126. The number of ketones is 1. The molecule has 1 N–H and O–H groups in total. The molecule has 2 aliphatic heterocycles. The van der Waals surface area contributed by atoms with Gasteiger partial charge >= 0.3 is 0 Å². The van der Waals surface area contributed by atoms with E-state index < -0.39 is 0 Å². The smallest absolute Gasteiger partial charge is 0.240 e. The maximum atomic E-state index is 12.9. The second-order valence-corrected chi connectivity index (χ2v) is 8.08. The van der Waals surface area contributed by atoms with E-state index >= 15 is 0 Å². The standard InChI is InChI=1S/C21H28N2O2/c1-14-4-5-16-11-15(12-17(16)10-14)13-19(24)18-6-7-22-20(18)21(25)23-8-2-3-9-23/h4-5,10,15,18,20,22H,2-3,6-9,11-13H2,1H3/t15?,18?,20-/m1/s1. The number of carbonyl (C=O) groups is 2. The minimum atomic E-state index is -0.281. The van der Waals surface area contributed by atoms with Gasteiger partial charge in [0.25, 0.3) is 0 Å². The molecule has 134 valence electrons. The summed E-state index contributed by atoms with van der Waals surface area (Å²) in [7, 11) is 0. The highest BCUT2D eigenvalue weighted by molar-refractivity contribution is 5.92. The summed E-state index contributed by atoms with van der Waals surface area (Å²) in [4.78, 5) is 27.6. The van der Waals surface area contributed by atoms with Crippen LogP contribution in [0.2, 0.25) is 0 Å². The van der Waals surface area contributed by atoms with Gasteiger partial charge in [0, 0.05) is 25.4 Å². The first-order chi connectivity index (χ1) is 12.1. The van der Waals surface area contributed by atoms with Gasteiger partial charge in [0.15, 0.2) is 0 Å². The largest absolute Gasteiger partial charge is 0.341 e. The number of nitrogens with one attached hydrogen (secondary N) is 1. The molecule has 4 nitrogen and oxygen atoms in total. The fraction of sp³-hybridized carbons (Fsp3) is 0.619. The van der Waals surface area contributed by atoms with Gasteiger partial charge in [0.05, 0.1) is 6.04 Å². The number of rotatable bonds is 4. The minimum Gasteiger partial charge on any atom is -0.341 e. The van der Waals surface area contributed by atoms with Gasteiger partial charge in [-0.1, -0.05) is 23.8 Å². The summed E-state index contributed by atoms with van der Waals surface area (Å²) < 4.78 is 0. The average molecular weight is 340 g/mol. The fourth-order valence-electron chi connectivity index (χ4n) is 4.86. The van der Waals surface area contributed by atoms with Crippen molar-refractivity contribution in [3.8, 4) is 0 Å². The first kappa shape index (κ1) is 16.8. The molecule has 2 heterocycles. The molecule has 0 spiro atoms. The van der Waals surface area contributed by atoms with Crippen molar-refractivity contribution >= 4 is 11.7 Å². The first-order valence-electron chi connectivity index (χ1n) is 9.75. The van der Waals surface area contributed by atoms with Crippen molar-refractivity contribution in [2.24, 2.45) is 11.8 Å². The number of amides is 1. The summed E-state index contributed by atoms with van der Waals surface area (Å²) >= 11 is 0. The van der Waals surface area contributed by atoms with Crippen LogP contribution in [0.1, 0.15) is 42.4 Å². The number of hydrogen-bond donors (Lipinski definition) is 1. The Morgan fingerprint density at radius 3 is 2.72 bits per heavy atom. The molecule has 1 aromatic carbocycles. The molecule has 0 radical (unpaired) electrons. The van der Waals surface area contributed by atoms with Gasteiger partial charge in [0.1, 0.15) is 5.78 Å². The van der Waals surface area contributed by atoms with E-state index in [4.69, 9.17) is 0 Å². The zero-order valence-electron chi connectivity index (χ0n) is 15.1. The second kappa shape index (κ2) is 6.91. The van der Waals surface area contributed by atoms with E-state index in [1.807, 2.05) is 4.90 Å². The third-order valence-electron chi connectivity index (χ3n) is 6.19. The molecule has 1 aromatic rings. The molecule has 0 bridgehead atoms. The summed E-state index contributed by atoms with van der Waals surface area (Å²) in [6.07, 6.45) is 5.62. The van der Waals surface area contributed by atoms with Gasteiger partial charge in [-0.15, -0.1) is 0 Å². The number of Topliss-reactive ketones (excluding diaryl/α,β-unsaturated/α-hetero) is 1. The van der Waals surface area contributed by atoms with E-state index in [1.54, 1.807) is 0 Å². The maximum absolute atomic E-state index is 12.9. The van der Waals surface area contributed by atoms with E-state index in [0.717, 1.165) is 51.7 Å². The number of aryl methyl sites for hydroxylation is 1. The molecule has 1 aliphatic carbocycles. The van der Waals surface area contributed by atoms with E-state index in [0.29, 0.717) is 12.3 Å². The van der Waals surface area contributed by atoms with Crippen molar-refractivity contribution in [2.75, 3.05) is 19.6 Å². The van der Waals surface area contributed by atoms with E-state index in [2.05, 4.69) is 30.4 Å². The van der Waals surface area contributed by atoms with Gasteiger partial charge in [-0.05, 0) is 62.6 Å². The van der Waals surface area contributed by atoms with Crippen LogP contribution < -0.4 is 5.32 Å². The van der Waals surface area contributed by atoms with Crippen LogP contribution in [0.25, 0.3) is 0 Å². The topological polar surface area (TPSA) is 49.4 Å². The van der Waals surface area contributed by atoms with Crippen LogP contribution >= 0.6 is 0 Å². The Kier molecular flexibility index (Phi) is 4.63. The zero-order chi connectivity index (χ0) is 17.4. The Morgan fingerprint density at radius 2 is 1.92 bits per heavy atom. The van der Waals surface area contributed by atoms with Crippen molar-refractivity contribution in [3.05, 3.63) is 34.9 Å². The molecule has 2 fully saturated rings. The van der Waals surface area contributed by atoms with E-state index in [1.165, 1.54) is 16.7 Å². The Labute approximate surface area is 150 Å². The number of carbonyl (C=O) groups excluding carboxylic acids is 2. The lowest BCUT2D eigenvalue weighted by atomic mass is 9.87. The SMILES string of the molecule is Cc1ccc2c(c1)CC(CC(=O)C1CCN[C@H]1C(=O)N1CCCC1)C2. The molecule has 4 heteroatoms. The van der Waals surface area contributed by atoms with Crippen molar-refractivity contribution < 1.29 is 9.59 Å². The van der Waals surface area contributed by atoms with Gasteiger partial charge in [0.2, 0.25) is 5.91 Å². The maximum Gasteiger partial charge on any atom is 0.240 e. The van der Waals surface area contributed by atoms with Gasteiger partial charge < -0.3 is 10.2 Å². The monoisotopic (exact) mass is 340 g/mol. The molecule has 3 atom stereocenters. The number of fused-ring (bicyclic) bond motifs is 1. The van der Waals surface area contributed by atoms with Gasteiger partial charge in [-0.2, -0.15) is 0 Å². The summed E-state index contributed by atoms with van der Waals surface area (Å²) in [5.41, 5.74) is 4.10. The molecule has 25 heavy (non-hydrogen) atoms. The molecule has 2 saturated heterocycles. The molecule has 0 saturated carbocycles. The highest BCUT2D eigenvalue weighted by Crippen LogP contribution is 2.32. The Morgan fingerprint density at radius 1 is 1.16 bits per heavy atom. The molecule has 3 aliphatic rings. The summed E-state index contributed by atoms with van der Waals surface area (Å²) in [6, 6.07) is 6.36. The molecule has 2 unspecified atom stereocenters. The van der Waals surface area contributed by atoms with E-state index in [9.17, 15) is 9.59 Å². The second-order valence-electron chi connectivity index (χ2n) is 8.08. The lowest BCUT2D eigenvalue weighted by Crippen LogP contribution is -2.47. The first-order valence-corrected chi connectivity index (χ1v) is 9.75. The van der Waals surface area contributed by atoms with Gasteiger partial charge in [-0.25, -0.2) is 0 Å². The average Bonchev–Trinajstić information content (AvgIpc) is 3.33. The summed E-state index contributed by atoms with van der Waals surface area (Å²) in [5, 5.41) is 3.30. The zero-order valence-corrected chi connectivity index (χ0v) is 15.1. The lowest BCUT2D eigenvalue weighted by Gasteiger charge is -2.24. The van der Waals surface area contributed by atoms with Gasteiger partial charge in [-0.3, -0.25) is 9.59 Å². The predicted molar refractivity (Wildman–Crippen MR) is 97.4 cm³/mol. The molecular weight excluding hydrogens is 312 g/mol. The third-order valence-corrected chi connectivity index (χ3v) is 6.19. The van der Waals surface area contributed by atoms with Crippen LogP contribution in [-0.4, -0.2) is 42.3 Å². The van der Waals surface area contributed by atoms with Crippen molar-refractivity contribution in [2.45, 2.75) is 51.5 Å². The van der Waals surface area contributed by atoms with Crippen LogP contribution in [0.4, 0.5) is 0 Å². The predicted octanol–water partition coefficient (Wildman–Crippen LogP) is 2.27. The number of nitrogens with zero attached hydrogens (tertiary/aromatic N) is 1. The number of likely N-dealkylation sites (tertiary alicyclic amines) is 1. The normalized spacial score (nSPS) is 28.4. The summed E-state index contributed by atoms with van der Waals surface area (Å²) in [6.45, 7) is 4.62. The Hall–Kier alpha value is -1.68. The Bertz CT molecular complexity index is 678. The highest BCUT2D eigenvalue weighted by atomic mass is 16.2. The molecule has 1 amide bonds. The van der Waals surface area contributed by atoms with Crippen LogP contribution in [0.5, 0.6) is 0 Å². The fourth-order valence-corrected chi connectivity index (χ4v) is 4.86. The number of hydrogen-bond acceptors (Lipinski definition) is 3. The molecule has 0 aromatic heterocycles. The lowest BCUT2D eigenvalue weighted by molar-refractivity contribution is -0.136. The Balaban J connectivity index is 1.38. The van der Waals surface area contributed by atoms with Crippen LogP contribution in [0.3, 0.4) is 0 Å².